The van der Waals surface area contributed by atoms with Crippen molar-refractivity contribution >= 4 is 40.9 Å². The molecule has 124 valence electrons. The van der Waals surface area contributed by atoms with Gasteiger partial charge >= 0.3 is 5.97 Å². The molecule has 0 aliphatic rings. The molecule has 7 heteroatoms. The Hall–Kier alpha value is -2.93. The average molecular weight is 344 g/mol. The molecule has 3 N–H and O–H groups in total. The second-order valence-electron chi connectivity index (χ2n) is 4.92. The number of carboxylic acid groups (broad SMARTS) is 1. The number of carboxylic acids is 1. The minimum Gasteiger partial charge on any atom is -0.480 e. The molecule has 1 aromatic carbocycles. The molecule has 0 saturated heterocycles. The molecule has 0 unspecified atom stereocenters. The van der Waals surface area contributed by atoms with Crippen LogP contribution in [0.25, 0.3) is 6.08 Å². The van der Waals surface area contributed by atoms with Crippen molar-refractivity contribution in [2.24, 2.45) is 0 Å². The van der Waals surface area contributed by atoms with Gasteiger partial charge in [0, 0.05) is 27.1 Å². The summed E-state index contributed by atoms with van der Waals surface area (Å²) in [6.45, 7) is 1.56. The Labute approximate surface area is 142 Å². The summed E-state index contributed by atoms with van der Waals surface area (Å²) in [7, 11) is 0. The van der Waals surface area contributed by atoms with Crippen LogP contribution < -0.4 is 10.6 Å². The molecule has 0 aliphatic heterocycles. The highest BCUT2D eigenvalue weighted by atomic mass is 32.1. The van der Waals surface area contributed by atoms with Crippen LogP contribution in [0.1, 0.15) is 20.1 Å². The highest BCUT2D eigenvalue weighted by molar-refractivity contribution is 7.12. The van der Waals surface area contributed by atoms with Gasteiger partial charge in [-0.15, -0.1) is 11.3 Å². The van der Waals surface area contributed by atoms with Gasteiger partial charge in [0.25, 0.3) is 5.91 Å². The van der Waals surface area contributed by atoms with E-state index in [4.69, 9.17) is 5.11 Å². The predicted octanol–water partition coefficient (Wildman–Crippen LogP) is 2.52. The summed E-state index contributed by atoms with van der Waals surface area (Å²) in [4.78, 5) is 36.1. The van der Waals surface area contributed by atoms with E-state index < -0.39 is 18.4 Å². The van der Waals surface area contributed by atoms with Crippen LogP contribution in [-0.4, -0.2) is 29.4 Å². The number of aliphatic carboxylic acids is 1. The van der Waals surface area contributed by atoms with Crippen molar-refractivity contribution in [3.63, 3.8) is 0 Å². The number of hydrogen-bond donors (Lipinski definition) is 3. The van der Waals surface area contributed by atoms with E-state index in [0.717, 1.165) is 4.88 Å². The highest BCUT2D eigenvalue weighted by Crippen LogP contribution is 2.16. The molecule has 1 heterocycles. The lowest BCUT2D eigenvalue weighted by molar-refractivity contribution is -0.135. The molecule has 2 rings (SSSR count). The van der Waals surface area contributed by atoms with Gasteiger partial charge in [-0.2, -0.15) is 0 Å². The third-order valence-corrected chi connectivity index (χ3v) is 3.94. The number of rotatable bonds is 6. The molecule has 6 nitrogen and oxygen atoms in total. The second-order valence-corrected chi connectivity index (χ2v) is 6.24. The van der Waals surface area contributed by atoms with Crippen LogP contribution in [0.5, 0.6) is 0 Å². The van der Waals surface area contributed by atoms with Crippen LogP contribution in [0.15, 0.2) is 42.5 Å². The van der Waals surface area contributed by atoms with Gasteiger partial charge in [-0.25, -0.2) is 0 Å². The van der Waals surface area contributed by atoms with Crippen molar-refractivity contribution in [3.05, 3.63) is 57.8 Å². The van der Waals surface area contributed by atoms with Gasteiger partial charge in [0.2, 0.25) is 5.91 Å². The van der Waals surface area contributed by atoms with Crippen LogP contribution in [0.3, 0.4) is 0 Å². The predicted molar refractivity (Wildman–Crippen MR) is 93.1 cm³/mol. The SMILES string of the molecule is Cc1ccc(C=CC(=O)Nc2ccc(C(=O)NCC(=O)O)cc2)s1. The van der Waals surface area contributed by atoms with Gasteiger partial charge in [-0.1, -0.05) is 0 Å². The minimum absolute atomic E-state index is 0.274. The maximum Gasteiger partial charge on any atom is 0.322 e. The molecule has 0 radical (unpaired) electrons. The molecule has 0 aliphatic carbocycles. The molecule has 2 aromatic rings. The van der Waals surface area contributed by atoms with Crippen LogP contribution >= 0.6 is 11.3 Å². The maximum absolute atomic E-state index is 11.9. The molecule has 0 bridgehead atoms. The fraction of sp³-hybridized carbons (Fsp3) is 0.118. The summed E-state index contributed by atoms with van der Waals surface area (Å²) >= 11 is 1.59. The summed E-state index contributed by atoms with van der Waals surface area (Å²) in [5.74, 6) is -1.87. The van der Waals surface area contributed by atoms with Gasteiger partial charge in [-0.3, -0.25) is 14.4 Å². The van der Waals surface area contributed by atoms with E-state index in [1.165, 1.54) is 23.1 Å². The number of carbonyl (C=O) groups is 3. The zero-order valence-electron chi connectivity index (χ0n) is 12.9. The van der Waals surface area contributed by atoms with E-state index in [9.17, 15) is 14.4 Å². The topological polar surface area (TPSA) is 95.5 Å². The Morgan fingerprint density at radius 1 is 1.12 bits per heavy atom. The van der Waals surface area contributed by atoms with Gasteiger partial charge in [0.05, 0.1) is 0 Å². The highest BCUT2D eigenvalue weighted by Gasteiger charge is 2.07. The lowest BCUT2D eigenvalue weighted by atomic mass is 10.2. The zero-order valence-corrected chi connectivity index (χ0v) is 13.7. The standard InChI is InChI=1S/C17H16N2O4S/c1-11-2-7-14(24-11)8-9-15(20)19-13-5-3-12(4-6-13)17(23)18-10-16(21)22/h2-9H,10H2,1H3,(H,18,23)(H,19,20)(H,21,22). The smallest absolute Gasteiger partial charge is 0.322 e. The number of hydrogen-bond acceptors (Lipinski definition) is 4. The lowest BCUT2D eigenvalue weighted by Crippen LogP contribution is -2.29. The summed E-state index contributed by atoms with van der Waals surface area (Å²) in [6, 6.07) is 10.1. The maximum atomic E-state index is 11.9. The largest absolute Gasteiger partial charge is 0.480 e. The van der Waals surface area contributed by atoms with Crippen LogP contribution in [0.2, 0.25) is 0 Å². The van der Waals surface area contributed by atoms with Crippen molar-refractivity contribution in [1.82, 2.24) is 5.32 Å². The second kappa shape index (κ2) is 8.07. The fourth-order valence-electron chi connectivity index (χ4n) is 1.85. The van der Waals surface area contributed by atoms with Gasteiger partial charge in [0.15, 0.2) is 0 Å². The van der Waals surface area contributed by atoms with Gasteiger partial charge < -0.3 is 15.7 Å². The van der Waals surface area contributed by atoms with Crippen molar-refractivity contribution in [3.8, 4) is 0 Å². The summed E-state index contributed by atoms with van der Waals surface area (Å²) < 4.78 is 0. The molecule has 0 saturated carbocycles. The van der Waals surface area contributed by atoms with E-state index in [1.807, 2.05) is 19.1 Å². The van der Waals surface area contributed by atoms with E-state index in [1.54, 1.807) is 29.5 Å². The van der Waals surface area contributed by atoms with Gasteiger partial charge in [0.1, 0.15) is 6.54 Å². The molecule has 1 aromatic heterocycles. The summed E-state index contributed by atoms with van der Waals surface area (Å²) in [5.41, 5.74) is 0.862. The Bertz CT molecular complexity index is 778. The Kier molecular flexibility index (Phi) is 5.86. The molecule has 0 atom stereocenters. The number of nitrogens with one attached hydrogen (secondary N) is 2. The van der Waals surface area contributed by atoms with Crippen LogP contribution in [0, 0.1) is 6.92 Å². The van der Waals surface area contributed by atoms with E-state index >= 15 is 0 Å². The first-order chi connectivity index (χ1) is 11.4. The first-order valence-electron chi connectivity index (χ1n) is 7.09. The van der Waals surface area contributed by atoms with E-state index in [2.05, 4.69) is 10.6 Å². The number of thiophene rings is 1. The normalized spacial score (nSPS) is 10.5. The van der Waals surface area contributed by atoms with E-state index in [0.29, 0.717) is 11.3 Å². The van der Waals surface area contributed by atoms with E-state index in [-0.39, 0.29) is 5.91 Å². The number of anilines is 1. The number of aryl methyl sites for hydroxylation is 1. The first kappa shape index (κ1) is 17.4. The molecule has 2 amide bonds. The number of carbonyl (C=O) groups excluding carboxylic acids is 2. The molecule has 0 spiro atoms. The molecular weight excluding hydrogens is 328 g/mol. The molecule has 24 heavy (non-hydrogen) atoms. The number of amides is 2. The third kappa shape index (κ3) is 5.36. The zero-order chi connectivity index (χ0) is 17.5. The Balaban J connectivity index is 1.91. The summed E-state index contributed by atoms with van der Waals surface area (Å²) in [6.07, 6.45) is 3.18. The third-order valence-electron chi connectivity index (χ3n) is 2.97. The van der Waals surface area contributed by atoms with Crippen molar-refractivity contribution < 1.29 is 19.5 Å². The Morgan fingerprint density at radius 2 is 1.83 bits per heavy atom. The fourth-order valence-corrected chi connectivity index (χ4v) is 2.63. The first-order valence-corrected chi connectivity index (χ1v) is 7.91. The van der Waals surface area contributed by atoms with Crippen LogP contribution in [0.4, 0.5) is 5.69 Å². The molecular formula is C17H16N2O4S. The Morgan fingerprint density at radius 3 is 2.42 bits per heavy atom. The average Bonchev–Trinajstić information content (AvgIpc) is 2.97. The number of benzene rings is 1. The summed E-state index contributed by atoms with van der Waals surface area (Å²) in [5, 5.41) is 13.5. The van der Waals surface area contributed by atoms with Gasteiger partial charge in [-0.05, 0) is 49.4 Å². The van der Waals surface area contributed by atoms with Crippen LogP contribution in [-0.2, 0) is 9.59 Å². The lowest BCUT2D eigenvalue weighted by Gasteiger charge is -2.05. The monoisotopic (exact) mass is 344 g/mol. The van der Waals surface area contributed by atoms with Crippen molar-refractivity contribution in [2.75, 3.05) is 11.9 Å². The molecule has 0 fully saturated rings. The van der Waals surface area contributed by atoms with Crippen molar-refractivity contribution in [2.45, 2.75) is 6.92 Å². The van der Waals surface area contributed by atoms with Crippen molar-refractivity contribution in [1.29, 1.82) is 0 Å². The quantitative estimate of drug-likeness (QED) is 0.702. The minimum atomic E-state index is -1.11.